The predicted octanol–water partition coefficient (Wildman–Crippen LogP) is 2.64. The molecule has 0 bridgehead atoms. The number of carboxylic acids is 1. The molecule has 0 aliphatic heterocycles. The van der Waals surface area contributed by atoms with E-state index in [0.717, 1.165) is 25.4 Å². The summed E-state index contributed by atoms with van der Waals surface area (Å²) in [6, 6.07) is 0. The van der Waals surface area contributed by atoms with Crippen molar-refractivity contribution in [2.45, 2.75) is 51.7 Å². The maximum Gasteiger partial charge on any atom is 0.313 e. The molecule has 0 aromatic carbocycles. The molecule has 0 aliphatic carbocycles. The minimum atomic E-state index is -0.846. The van der Waals surface area contributed by atoms with Crippen molar-refractivity contribution in [2.24, 2.45) is 5.92 Å². The summed E-state index contributed by atoms with van der Waals surface area (Å²) in [5, 5.41) is 17.7. The van der Waals surface area contributed by atoms with Crippen molar-refractivity contribution in [1.82, 2.24) is 14.8 Å². The first-order valence-corrected chi connectivity index (χ1v) is 8.25. The van der Waals surface area contributed by atoms with Gasteiger partial charge in [-0.05, 0) is 12.3 Å². The lowest BCUT2D eigenvalue weighted by molar-refractivity contribution is -0.133. The summed E-state index contributed by atoms with van der Waals surface area (Å²) in [6.45, 7) is 10.6. The van der Waals surface area contributed by atoms with Gasteiger partial charge in [0.1, 0.15) is 5.82 Å². The van der Waals surface area contributed by atoms with E-state index in [2.05, 4.69) is 37.9 Å². The van der Waals surface area contributed by atoms with Crippen LogP contribution in [0.2, 0.25) is 0 Å². The third-order valence-corrected chi connectivity index (χ3v) is 3.66. The Morgan fingerprint density at radius 3 is 2.62 bits per heavy atom. The number of aromatic nitrogens is 3. The standard InChI is InChI=1S/C14H25N3O3S/c1-10(2)8-20-7-5-6-17-13(11(3)4)15-16-14(17)21-9-12(18)19/h10-11H,5-9H2,1-4H3,(H,18,19). The molecular weight excluding hydrogens is 290 g/mol. The van der Waals surface area contributed by atoms with E-state index in [0.29, 0.717) is 17.7 Å². The molecule has 0 unspecified atom stereocenters. The topological polar surface area (TPSA) is 77.2 Å². The minimum Gasteiger partial charge on any atom is -0.481 e. The van der Waals surface area contributed by atoms with Crippen LogP contribution in [0.4, 0.5) is 0 Å². The molecule has 0 saturated carbocycles. The summed E-state index contributed by atoms with van der Waals surface area (Å²) in [5.41, 5.74) is 0. The first kappa shape index (κ1) is 18.0. The Morgan fingerprint density at radius 1 is 1.33 bits per heavy atom. The van der Waals surface area contributed by atoms with Crippen molar-refractivity contribution in [3.05, 3.63) is 5.82 Å². The van der Waals surface area contributed by atoms with E-state index in [1.807, 2.05) is 4.57 Å². The van der Waals surface area contributed by atoms with Gasteiger partial charge in [-0.2, -0.15) is 0 Å². The molecule has 0 aliphatic rings. The summed E-state index contributed by atoms with van der Waals surface area (Å²) in [6.07, 6.45) is 0.866. The molecule has 0 amide bonds. The molecule has 0 saturated heterocycles. The second kappa shape index (κ2) is 9.04. The van der Waals surface area contributed by atoms with Gasteiger partial charge in [-0.3, -0.25) is 4.79 Å². The van der Waals surface area contributed by atoms with Crippen molar-refractivity contribution < 1.29 is 14.6 Å². The van der Waals surface area contributed by atoms with Crippen LogP contribution in [0.25, 0.3) is 0 Å². The number of carbonyl (C=O) groups is 1. The van der Waals surface area contributed by atoms with Gasteiger partial charge in [-0.15, -0.1) is 10.2 Å². The first-order chi connectivity index (χ1) is 9.91. The second-order valence-electron chi connectivity index (χ2n) is 5.65. The van der Waals surface area contributed by atoms with Crippen LogP contribution < -0.4 is 0 Å². The summed E-state index contributed by atoms with van der Waals surface area (Å²) in [4.78, 5) is 10.7. The van der Waals surface area contributed by atoms with Crippen LogP contribution in [-0.4, -0.2) is 44.8 Å². The van der Waals surface area contributed by atoms with E-state index in [1.54, 1.807) is 0 Å². The number of rotatable bonds is 10. The Kier molecular flexibility index (Phi) is 7.74. The maximum absolute atomic E-state index is 10.7. The highest BCUT2D eigenvalue weighted by molar-refractivity contribution is 7.99. The number of thioether (sulfide) groups is 1. The molecule has 7 heteroatoms. The Hall–Kier alpha value is -1.08. The SMILES string of the molecule is CC(C)COCCCn1c(SCC(=O)O)nnc1C(C)C. The molecular formula is C14H25N3O3S. The maximum atomic E-state index is 10.7. The average Bonchev–Trinajstić information content (AvgIpc) is 2.78. The number of hydrogen-bond donors (Lipinski definition) is 1. The number of ether oxygens (including phenoxy) is 1. The van der Waals surface area contributed by atoms with Crippen molar-refractivity contribution in [3.8, 4) is 0 Å². The summed E-state index contributed by atoms with van der Waals surface area (Å²) >= 11 is 1.21. The second-order valence-corrected chi connectivity index (χ2v) is 6.59. The van der Waals surface area contributed by atoms with Crippen molar-refractivity contribution in [3.63, 3.8) is 0 Å². The van der Waals surface area contributed by atoms with Crippen molar-refractivity contribution in [2.75, 3.05) is 19.0 Å². The summed E-state index contributed by atoms with van der Waals surface area (Å²) in [5.74, 6) is 0.842. The van der Waals surface area contributed by atoms with E-state index in [9.17, 15) is 4.79 Å². The van der Waals surface area contributed by atoms with Crippen molar-refractivity contribution in [1.29, 1.82) is 0 Å². The highest BCUT2D eigenvalue weighted by Gasteiger charge is 2.16. The van der Waals surface area contributed by atoms with Gasteiger partial charge in [-0.1, -0.05) is 39.5 Å². The van der Waals surface area contributed by atoms with Crippen LogP contribution in [0.5, 0.6) is 0 Å². The van der Waals surface area contributed by atoms with Crippen LogP contribution in [0.15, 0.2) is 5.16 Å². The van der Waals surface area contributed by atoms with Gasteiger partial charge in [0.25, 0.3) is 0 Å². The highest BCUT2D eigenvalue weighted by Crippen LogP contribution is 2.21. The molecule has 21 heavy (non-hydrogen) atoms. The zero-order valence-corrected chi connectivity index (χ0v) is 14.0. The lowest BCUT2D eigenvalue weighted by Gasteiger charge is -2.12. The van der Waals surface area contributed by atoms with Gasteiger partial charge >= 0.3 is 5.97 Å². The lowest BCUT2D eigenvalue weighted by Crippen LogP contribution is -2.11. The highest BCUT2D eigenvalue weighted by atomic mass is 32.2. The molecule has 6 nitrogen and oxygen atoms in total. The number of carboxylic acid groups (broad SMARTS) is 1. The van der Waals surface area contributed by atoms with Gasteiger partial charge in [0.2, 0.25) is 0 Å². The fraction of sp³-hybridized carbons (Fsp3) is 0.786. The smallest absolute Gasteiger partial charge is 0.313 e. The fourth-order valence-electron chi connectivity index (χ4n) is 1.81. The number of nitrogens with zero attached hydrogens (tertiary/aromatic N) is 3. The summed E-state index contributed by atoms with van der Waals surface area (Å²) in [7, 11) is 0. The number of aliphatic carboxylic acids is 1. The van der Waals surface area contributed by atoms with Gasteiger partial charge < -0.3 is 14.4 Å². The fourth-order valence-corrected chi connectivity index (χ4v) is 2.51. The quantitative estimate of drug-likeness (QED) is 0.528. The van der Waals surface area contributed by atoms with Crippen molar-refractivity contribution >= 4 is 17.7 Å². The normalized spacial score (nSPS) is 11.5. The van der Waals surface area contributed by atoms with Crippen LogP contribution in [0.1, 0.15) is 45.9 Å². The van der Waals surface area contributed by atoms with Crippen LogP contribution in [-0.2, 0) is 16.1 Å². The molecule has 0 atom stereocenters. The monoisotopic (exact) mass is 315 g/mol. The van der Waals surface area contributed by atoms with Gasteiger partial charge in [0.05, 0.1) is 5.75 Å². The van der Waals surface area contributed by atoms with E-state index in [4.69, 9.17) is 9.84 Å². The molecule has 1 aromatic heterocycles. The van der Waals surface area contributed by atoms with E-state index >= 15 is 0 Å². The van der Waals surface area contributed by atoms with E-state index in [1.165, 1.54) is 11.8 Å². The third kappa shape index (κ3) is 6.48. The Labute approximate surface area is 130 Å². The van der Waals surface area contributed by atoms with Gasteiger partial charge in [-0.25, -0.2) is 0 Å². The Balaban J connectivity index is 2.59. The molecule has 0 radical (unpaired) electrons. The zero-order chi connectivity index (χ0) is 15.8. The zero-order valence-electron chi connectivity index (χ0n) is 13.2. The van der Waals surface area contributed by atoms with Crippen LogP contribution in [0.3, 0.4) is 0 Å². The Morgan fingerprint density at radius 2 is 2.05 bits per heavy atom. The van der Waals surface area contributed by atoms with Crippen LogP contribution >= 0.6 is 11.8 Å². The third-order valence-electron chi connectivity index (χ3n) is 2.71. The molecule has 1 heterocycles. The average molecular weight is 315 g/mol. The van der Waals surface area contributed by atoms with E-state index < -0.39 is 5.97 Å². The van der Waals surface area contributed by atoms with Gasteiger partial charge in [0, 0.05) is 25.7 Å². The molecule has 0 spiro atoms. The summed E-state index contributed by atoms with van der Waals surface area (Å²) < 4.78 is 7.59. The largest absolute Gasteiger partial charge is 0.481 e. The predicted molar refractivity (Wildman–Crippen MR) is 82.7 cm³/mol. The first-order valence-electron chi connectivity index (χ1n) is 7.27. The molecule has 0 fully saturated rings. The lowest BCUT2D eigenvalue weighted by atomic mass is 10.2. The van der Waals surface area contributed by atoms with Crippen LogP contribution in [0, 0.1) is 5.92 Å². The van der Waals surface area contributed by atoms with Gasteiger partial charge in [0.15, 0.2) is 5.16 Å². The molecule has 1 aromatic rings. The minimum absolute atomic E-state index is 0.0000774. The molecule has 1 rings (SSSR count). The van der Waals surface area contributed by atoms with E-state index in [-0.39, 0.29) is 11.7 Å². The Bertz CT molecular complexity index is 447. The molecule has 120 valence electrons. The number of hydrogen-bond acceptors (Lipinski definition) is 5. The molecule has 1 N–H and O–H groups in total.